The van der Waals surface area contributed by atoms with Crippen molar-refractivity contribution >= 4 is 9.84 Å². The third kappa shape index (κ3) is 7.19. The second kappa shape index (κ2) is 9.54. The molecule has 0 aliphatic carbocycles. The van der Waals surface area contributed by atoms with E-state index in [2.05, 4.69) is 11.9 Å². The van der Waals surface area contributed by atoms with Crippen LogP contribution in [-0.4, -0.2) is 48.7 Å². The van der Waals surface area contributed by atoms with Crippen LogP contribution in [0, 0.1) is 0 Å². The molecule has 31 heavy (non-hydrogen) atoms. The Balaban J connectivity index is 2.62. The molecule has 7 nitrogen and oxygen atoms in total. The smallest absolute Gasteiger partial charge is 0.224 e. The van der Waals surface area contributed by atoms with Crippen LogP contribution in [0.3, 0.4) is 0 Å². The molecule has 2 aromatic rings. The standard InChI is InChI=1S/C23H33NO6S/c1-7-8-13-29-21-19(23(4,5)26)14-18(20(24-21)30-15-22(2,3)25)16-9-11-17(12-10-16)31(6,27)28/h9-12,14,25-26H,7-8,13,15H2,1-6H3. The van der Waals surface area contributed by atoms with Crippen molar-refractivity contribution in [3.05, 3.63) is 35.9 Å². The summed E-state index contributed by atoms with van der Waals surface area (Å²) in [4.78, 5) is 4.73. The summed E-state index contributed by atoms with van der Waals surface area (Å²) in [5.41, 5.74) is -0.607. The van der Waals surface area contributed by atoms with Gasteiger partial charge in [-0.2, -0.15) is 4.98 Å². The Labute approximate surface area is 185 Å². The van der Waals surface area contributed by atoms with Crippen LogP contribution in [0.25, 0.3) is 11.1 Å². The van der Waals surface area contributed by atoms with Crippen LogP contribution in [0.4, 0.5) is 0 Å². The van der Waals surface area contributed by atoms with E-state index < -0.39 is 21.0 Å². The zero-order valence-corrected chi connectivity index (χ0v) is 19.9. The predicted octanol–water partition coefficient (Wildman–Crippen LogP) is 3.71. The highest BCUT2D eigenvalue weighted by Gasteiger charge is 2.27. The van der Waals surface area contributed by atoms with Crippen molar-refractivity contribution in [3.8, 4) is 22.9 Å². The quantitative estimate of drug-likeness (QED) is 0.531. The third-order valence-corrected chi connectivity index (χ3v) is 5.63. The molecule has 0 bridgehead atoms. The van der Waals surface area contributed by atoms with Gasteiger partial charge in [0, 0.05) is 17.4 Å². The maximum absolute atomic E-state index is 11.8. The van der Waals surface area contributed by atoms with E-state index in [1.165, 1.54) is 12.1 Å². The van der Waals surface area contributed by atoms with E-state index in [0.717, 1.165) is 19.1 Å². The van der Waals surface area contributed by atoms with Crippen LogP contribution in [-0.2, 0) is 15.4 Å². The molecule has 0 aliphatic rings. The third-order valence-electron chi connectivity index (χ3n) is 4.50. The summed E-state index contributed by atoms with van der Waals surface area (Å²) < 4.78 is 35.3. The van der Waals surface area contributed by atoms with Crippen LogP contribution in [0.5, 0.6) is 11.8 Å². The summed E-state index contributed by atoms with van der Waals surface area (Å²) in [6, 6.07) is 8.09. The van der Waals surface area contributed by atoms with Gasteiger partial charge in [-0.1, -0.05) is 25.5 Å². The zero-order valence-electron chi connectivity index (χ0n) is 19.1. The van der Waals surface area contributed by atoms with Crippen LogP contribution in [0.15, 0.2) is 35.2 Å². The van der Waals surface area contributed by atoms with Gasteiger partial charge in [0.1, 0.15) is 6.61 Å². The Kier molecular flexibility index (Phi) is 7.73. The Morgan fingerprint density at radius 1 is 1.00 bits per heavy atom. The number of hydrogen-bond acceptors (Lipinski definition) is 7. The molecule has 0 amide bonds. The fraction of sp³-hybridized carbons (Fsp3) is 0.522. The lowest BCUT2D eigenvalue weighted by Crippen LogP contribution is -2.28. The molecule has 0 fully saturated rings. The number of pyridine rings is 1. The minimum atomic E-state index is -3.33. The molecule has 2 N–H and O–H groups in total. The molecule has 0 radical (unpaired) electrons. The zero-order chi connectivity index (χ0) is 23.4. The van der Waals surface area contributed by atoms with Crippen LogP contribution >= 0.6 is 0 Å². The van der Waals surface area contributed by atoms with Crippen LogP contribution in [0.2, 0.25) is 0 Å². The minimum Gasteiger partial charge on any atom is -0.477 e. The number of ether oxygens (including phenoxy) is 2. The van der Waals surface area contributed by atoms with E-state index in [1.807, 2.05) is 0 Å². The maximum atomic E-state index is 11.8. The first kappa shape index (κ1) is 25.1. The summed E-state index contributed by atoms with van der Waals surface area (Å²) in [6.07, 6.45) is 2.93. The van der Waals surface area contributed by atoms with Gasteiger partial charge in [-0.3, -0.25) is 0 Å². The monoisotopic (exact) mass is 451 g/mol. The molecule has 1 aromatic carbocycles. The van der Waals surface area contributed by atoms with Gasteiger partial charge in [0.25, 0.3) is 0 Å². The van der Waals surface area contributed by atoms with Crippen LogP contribution < -0.4 is 9.47 Å². The highest BCUT2D eigenvalue weighted by molar-refractivity contribution is 7.90. The van der Waals surface area contributed by atoms with Crippen molar-refractivity contribution in [1.29, 1.82) is 0 Å². The largest absolute Gasteiger partial charge is 0.477 e. The highest BCUT2D eigenvalue weighted by atomic mass is 32.2. The van der Waals surface area contributed by atoms with Gasteiger partial charge in [-0.05, 0) is 57.9 Å². The van der Waals surface area contributed by atoms with Gasteiger partial charge in [-0.15, -0.1) is 0 Å². The number of unbranched alkanes of at least 4 members (excludes halogenated alkanes) is 1. The molecular formula is C23H33NO6S. The number of nitrogens with zero attached hydrogens (tertiary/aromatic N) is 1. The van der Waals surface area contributed by atoms with Crippen molar-refractivity contribution in [2.24, 2.45) is 0 Å². The maximum Gasteiger partial charge on any atom is 0.224 e. The minimum absolute atomic E-state index is 0.00924. The molecule has 0 aliphatic heterocycles. The van der Waals surface area contributed by atoms with E-state index in [1.54, 1.807) is 45.9 Å². The molecule has 0 unspecified atom stereocenters. The number of benzene rings is 1. The second-order valence-electron chi connectivity index (χ2n) is 8.85. The van der Waals surface area contributed by atoms with Gasteiger partial charge >= 0.3 is 0 Å². The van der Waals surface area contributed by atoms with E-state index in [0.29, 0.717) is 23.3 Å². The van der Waals surface area contributed by atoms with Crippen molar-refractivity contribution in [2.45, 2.75) is 63.6 Å². The molecule has 1 heterocycles. The van der Waals surface area contributed by atoms with Gasteiger partial charge in [-0.25, -0.2) is 8.42 Å². The first-order valence-corrected chi connectivity index (χ1v) is 12.2. The Hall–Kier alpha value is -2.16. The molecular weight excluding hydrogens is 418 g/mol. The number of rotatable bonds is 10. The van der Waals surface area contributed by atoms with E-state index in [9.17, 15) is 18.6 Å². The van der Waals surface area contributed by atoms with Gasteiger partial charge < -0.3 is 19.7 Å². The van der Waals surface area contributed by atoms with E-state index >= 15 is 0 Å². The molecule has 2 rings (SSSR count). The first-order chi connectivity index (χ1) is 14.2. The van der Waals surface area contributed by atoms with Crippen LogP contribution in [0.1, 0.15) is 53.0 Å². The topological polar surface area (TPSA) is 106 Å². The molecule has 0 saturated carbocycles. The number of sulfone groups is 1. The SMILES string of the molecule is CCCCOc1nc(OCC(C)(C)O)c(-c2ccc(S(C)(=O)=O)cc2)cc1C(C)(C)O. The second-order valence-corrected chi connectivity index (χ2v) is 10.9. The summed E-state index contributed by atoms with van der Waals surface area (Å²) >= 11 is 0. The van der Waals surface area contributed by atoms with Gasteiger partial charge in [0.05, 0.1) is 22.7 Å². The van der Waals surface area contributed by atoms with E-state index in [4.69, 9.17) is 9.47 Å². The molecule has 0 saturated heterocycles. The van der Waals surface area contributed by atoms with Gasteiger partial charge in [0.2, 0.25) is 11.8 Å². The summed E-state index contributed by atoms with van der Waals surface area (Å²) in [6.45, 7) is 9.02. The van der Waals surface area contributed by atoms with Gasteiger partial charge in [0.15, 0.2) is 9.84 Å². The molecule has 1 aromatic heterocycles. The molecule has 172 valence electrons. The van der Waals surface area contributed by atoms with Crippen molar-refractivity contribution in [2.75, 3.05) is 19.5 Å². The molecule has 0 atom stereocenters. The number of aromatic nitrogens is 1. The normalized spacial score (nSPS) is 12.6. The van der Waals surface area contributed by atoms with Crippen molar-refractivity contribution < 1.29 is 28.1 Å². The Bertz CT molecular complexity index is 986. The predicted molar refractivity (Wildman–Crippen MR) is 120 cm³/mol. The van der Waals surface area contributed by atoms with E-state index in [-0.39, 0.29) is 23.3 Å². The fourth-order valence-corrected chi connectivity index (χ4v) is 3.42. The average Bonchev–Trinajstić information content (AvgIpc) is 2.64. The number of aliphatic hydroxyl groups is 2. The lowest BCUT2D eigenvalue weighted by molar-refractivity contribution is 0.0265. The summed E-state index contributed by atoms with van der Waals surface area (Å²) in [7, 11) is -3.33. The summed E-state index contributed by atoms with van der Waals surface area (Å²) in [5, 5.41) is 20.8. The highest BCUT2D eigenvalue weighted by Crippen LogP contribution is 2.38. The van der Waals surface area contributed by atoms with Crippen molar-refractivity contribution in [1.82, 2.24) is 4.98 Å². The Morgan fingerprint density at radius 2 is 1.61 bits per heavy atom. The average molecular weight is 452 g/mol. The Morgan fingerprint density at radius 3 is 2.10 bits per heavy atom. The summed E-state index contributed by atoms with van der Waals surface area (Å²) in [5.74, 6) is 0.497. The fourth-order valence-electron chi connectivity index (χ4n) is 2.79. The first-order valence-electron chi connectivity index (χ1n) is 10.3. The van der Waals surface area contributed by atoms with Crippen molar-refractivity contribution in [3.63, 3.8) is 0 Å². The molecule has 8 heteroatoms. The number of hydrogen-bond donors (Lipinski definition) is 2. The lowest BCUT2D eigenvalue weighted by atomic mass is 9.95. The lowest BCUT2D eigenvalue weighted by Gasteiger charge is -2.24. The molecule has 0 spiro atoms.